The Morgan fingerprint density at radius 3 is 2.42 bits per heavy atom. The molecule has 0 bridgehead atoms. The Bertz CT molecular complexity index is 868. The molecule has 3 aromatic rings. The predicted molar refractivity (Wildman–Crippen MR) is 109 cm³/mol. The largest absolute Gasteiger partial charge is 0.384 e. The molecule has 2 aromatic carbocycles. The zero-order valence-corrected chi connectivity index (χ0v) is 15.9. The number of aromatic nitrogens is 2. The number of nitrogens with two attached hydrogens (primary N) is 1. The SMILES string of the molecule is Nc1cc(-c2ccc(Sc3ccc(Cl)cc3)cc2)nn1C1CCCNC1. The lowest BCUT2D eigenvalue weighted by atomic mass is 10.1. The molecule has 0 radical (unpaired) electrons. The molecule has 3 N–H and O–H groups in total. The van der Waals surface area contributed by atoms with E-state index in [4.69, 9.17) is 22.4 Å². The van der Waals surface area contributed by atoms with Crippen molar-refractivity contribution in [3.63, 3.8) is 0 Å². The third kappa shape index (κ3) is 3.90. The Morgan fingerprint density at radius 1 is 1.08 bits per heavy atom. The first-order valence-electron chi connectivity index (χ1n) is 8.79. The molecule has 26 heavy (non-hydrogen) atoms. The number of benzene rings is 2. The van der Waals surface area contributed by atoms with E-state index in [1.807, 2.05) is 35.0 Å². The molecule has 0 saturated carbocycles. The van der Waals surface area contributed by atoms with Gasteiger partial charge in [-0.25, -0.2) is 4.68 Å². The van der Waals surface area contributed by atoms with Crippen LogP contribution in [0.25, 0.3) is 11.3 Å². The van der Waals surface area contributed by atoms with Crippen molar-refractivity contribution in [1.82, 2.24) is 15.1 Å². The summed E-state index contributed by atoms with van der Waals surface area (Å²) in [6.45, 7) is 2.01. The lowest BCUT2D eigenvalue weighted by Crippen LogP contribution is -2.32. The van der Waals surface area contributed by atoms with Crippen LogP contribution in [0.2, 0.25) is 5.02 Å². The molecular formula is C20H21ClN4S. The molecule has 1 atom stereocenters. The van der Waals surface area contributed by atoms with Crippen molar-refractivity contribution in [1.29, 1.82) is 0 Å². The highest BCUT2D eigenvalue weighted by atomic mass is 35.5. The highest BCUT2D eigenvalue weighted by Gasteiger charge is 2.19. The summed E-state index contributed by atoms with van der Waals surface area (Å²) in [6, 6.07) is 18.6. The number of nitrogens with one attached hydrogen (secondary N) is 1. The van der Waals surface area contributed by atoms with Gasteiger partial charge in [-0.05, 0) is 55.8 Å². The van der Waals surface area contributed by atoms with E-state index < -0.39 is 0 Å². The summed E-state index contributed by atoms with van der Waals surface area (Å²) in [5, 5.41) is 8.93. The van der Waals surface area contributed by atoms with E-state index in [9.17, 15) is 0 Å². The van der Waals surface area contributed by atoms with Crippen molar-refractivity contribution in [2.75, 3.05) is 18.8 Å². The van der Waals surface area contributed by atoms with Gasteiger partial charge in [0.25, 0.3) is 0 Å². The van der Waals surface area contributed by atoms with Gasteiger partial charge >= 0.3 is 0 Å². The second kappa shape index (κ2) is 7.74. The first-order valence-corrected chi connectivity index (χ1v) is 9.98. The van der Waals surface area contributed by atoms with Gasteiger partial charge in [-0.1, -0.05) is 35.5 Å². The number of anilines is 1. The molecule has 1 fully saturated rings. The summed E-state index contributed by atoms with van der Waals surface area (Å²) in [5.74, 6) is 0.730. The van der Waals surface area contributed by atoms with Gasteiger partial charge in [-0.3, -0.25) is 0 Å². The number of nitrogen functional groups attached to an aromatic ring is 1. The highest BCUT2D eigenvalue weighted by Crippen LogP contribution is 2.31. The van der Waals surface area contributed by atoms with Crippen LogP contribution in [0.5, 0.6) is 0 Å². The quantitative estimate of drug-likeness (QED) is 0.674. The van der Waals surface area contributed by atoms with Crippen LogP contribution >= 0.6 is 23.4 Å². The van der Waals surface area contributed by atoms with E-state index in [0.29, 0.717) is 6.04 Å². The van der Waals surface area contributed by atoms with Gasteiger partial charge in [0.05, 0.1) is 11.7 Å². The maximum Gasteiger partial charge on any atom is 0.122 e. The maximum atomic E-state index is 6.21. The van der Waals surface area contributed by atoms with Gasteiger partial charge < -0.3 is 11.1 Å². The first-order chi connectivity index (χ1) is 12.7. The van der Waals surface area contributed by atoms with Crippen molar-refractivity contribution in [3.05, 3.63) is 59.6 Å². The fourth-order valence-corrected chi connectivity index (χ4v) is 4.16. The van der Waals surface area contributed by atoms with E-state index in [1.54, 1.807) is 11.8 Å². The summed E-state index contributed by atoms with van der Waals surface area (Å²) < 4.78 is 1.97. The Hall–Kier alpha value is -1.95. The van der Waals surface area contributed by atoms with Crippen LogP contribution in [0.15, 0.2) is 64.4 Å². The molecule has 1 unspecified atom stereocenters. The minimum atomic E-state index is 0.345. The number of hydrogen-bond donors (Lipinski definition) is 2. The third-order valence-electron chi connectivity index (χ3n) is 4.58. The molecular weight excluding hydrogens is 364 g/mol. The van der Waals surface area contributed by atoms with Gasteiger partial charge in [0, 0.05) is 33.0 Å². The highest BCUT2D eigenvalue weighted by molar-refractivity contribution is 7.99. The number of rotatable bonds is 4. The van der Waals surface area contributed by atoms with Gasteiger partial charge in [0.15, 0.2) is 0 Å². The van der Waals surface area contributed by atoms with E-state index in [1.165, 1.54) is 9.79 Å². The van der Waals surface area contributed by atoms with Crippen LogP contribution in [-0.2, 0) is 0 Å². The molecule has 2 heterocycles. The second-order valence-corrected chi connectivity index (χ2v) is 8.06. The molecule has 0 spiro atoms. The average molecular weight is 385 g/mol. The van der Waals surface area contributed by atoms with Crippen LogP contribution < -0.4 is 11.1 Å². The molecule has 1 aliphatic rings. The van der Waals surface area contributed by atoms with E-state index in [2.05, 4.69) is 29.6 Å². The zero-order chi connectivity index (χ0) is 17.9. The molecule has 0 aliphatic carbocycles. The van der Waals surface area contributed by atoms with Crippen molar-refractivity contribution in [2.24, 2.45) is 0 Å². The number of halogens is 1. The molecule has 1 aromatic heterocycles. The average Bonchev–Trinajstić information content (AvgIpc) is 3.07. The van der Waals surface area contributed by atoms with Crippen molar-refractivity contribution in [3.8, 4) is 11.3 Å². The number of piperidine rings is 1. The van der Waals surface area contributed by atoms with Gasteiger partial charge in [0.1, 0.15) is 5.82 Å². The summed E-state index contributed by atoms with van der Waals surface area (Å²) in [6.07, 6.45) is 2.28. The molecule has 4 nitrogen and oxygen atoms in total. The smallest absolute Gasteiger partial charge is 0.122 e. The fourth-order valence-electron chi connectivity index (χ4n) is 3.22. The maximum absolute atomic E-state index is 6.21. The Labute approximate surface area is 162 Å². The van der Waals surface area contributed by atoms with Gasteiger partial charge in [-0.2, -0.15) is 5.10 Å². The van der Waals surface area contributed by atoms with Crippen molar-refractivity contribution < 1.29 is 0 Å². The lowest BCUT2D eigenvalue weighted by molar-refractivity contribution is 0.351. The van der Waals surface area contributed by atoms with Gasteiger partial charge in [-0.15, -0.1) is 0 Å². The molecule has 6 heteroatoms. The van der Waals surface area contributed by atoms with E-state index in [-0.39, 0.29) is 0 Å². The topological polar surface area (TPSA) is 55.9 Å². The van der Waals surface area contributed by atoms with Crippen LogP contribution in [0, 0.1) is 0 Å². The van der Waals surface area contributed by atoms with Crippen molar-refractivity contribution >= 4 is 29.2 Å². The normalized spacial score (nSPS) is 17.3. The minimum absolute atomic E-state index is 0.345. The molecule has 4 rings (SSSR count). The minimum Gasteiger partial charge on any atom is -0.384 e. The summed E-state index contributed by atoms with van der Waals surface area (Å²) in [5.41, 5.74) is 8.22. The third-order valence-corrected chi connectivity index (χ3v) is 5.85. The molecule has 0 amide bonds. The molecule has 1 aliphatic heterocycles. The fraction of sp³-hybridized carbons (Fsp3) is 0.250. The van der Waals surface area contributed by atoms with Crippen LogP contribution in [-0.4, -0.2) is 22.9 Å². The summed E-state index contributed by atoms with van der Waals surface area (Å²) in [4.78, 5) is 2.35. The zero-order valence-electron chi connectivity index (χ0n) is 14.4. The molecule has 1 saturated heterocycles. The van der Waals surface area contributed by atoms with Crippen LogP contribution in [0.4, 0.5) is 5.82 Å². The standard InChI is InChI=1S/C20H21ClN4S/c21-15-5-9-18(10-6-15)26-17-7-3-14(4-8-17)19-12-20(22)25(24-19)16-2-1-11-23-13-16/h3-10,12,16,23H,1-2,11,13,22H2. The van der Waals surface area contributed by atoms with Gasteiger partial charge in [0.2, 0.25) is 0 Å². The first kappa shape index (κ1) is 17.5. The Kier molecular flexibility index (Phi) is 5.20. The Balaban J connectivity index is 1.50. The van der Waals surface area contributed by atoms with Crippen LogP contribution in [0.1, 0.15) is 18.9 Å². The van der Waals surface area contributed by atoms with E-state index >= 15 is 0 Å². The predicted octanol–water partition coefficient (Wildman–Crippen LogP) is 4.86. The lowest BCUT2D eigenvalue weighted by Gasteiger charge is -2.23. The van der Waals surface area contributed by atoms with E-state index in [0.717, 1.165) is 48.0 Å². The second-order valence-electron chi connectivity index (χ2n) is 6.48. The van der Waals surface area contributed by atoms with Crippen molar-refractivity contribution in [2.45, 2.75) is 28.7 Å². The summed E-state index contributed by atoms with van der Waals surface area (Å²) >= 11 is 7.66. The number of nitrogens with zero attached hydrogens (tertiary/aromatic N) is 2. The Morgan fingerprint density at radius 2 is 1.77 bits per heavy atom. The van der Waals surface area contributed by atoms with Crippen LogP contribution in [0.3, 0.4) is 0 Å². The monoisotopic (exact) mass is 384 g/mol. The molecule has 134 valence electrons. The number of hydrogen-bond acceptors (Lipinski definition) is 4. The summed E-state index contributed by atoms with van der Waals surface area (Å²) in [7, 11) is 0.